The quantitative estimate of drug-likeness (QED) is 0.589. The van der Waals surface area contributed by atoms with Crippen LogP contribution in [-0.4, -0.2) is 20.2 Å². The molecule has 0 spiro atoms. The van der Waals surface area contributed by atoms with Gasteiger partial charge in [0.1, 0.15) is 5.75 Å². The fourth-order valence-electron chi connectivity index (χ4n) is 2.57. The minimum atomic E-state index is -0.352. The number of fused-ring (bicyclic) bond motifs is 1. The van der Waals surface area contributed by atoms with Gasteiger partial charge in [-0.1, -0.05) is 18.2 Å². The second-order valence-corrected chi connectivity index (χ2v) is 5.22. The molecule has 3 aromatic rings. The maximum absolute atomic E-state index is 11.5. The summed E-state index contributed by atoms with van der Waals surface area (Å²) in [6.07, 6.45) is 0. The van der Waals surface area contributed by atoms with Crippen molar-refractivity contribution in [3.63, 3.8) is 0 Å². The molecule has 0 heterocycles. The molecule has 0 radical (unpaired) electrons. The van der Waals surface area contributed by atoms with E-state index < -0.39 is 0 Å². The zero-order valence-corrected chi connectivity index (χ0v) is 13.0. The molecule has 116 valence electrons. The van der Waals surface area contributed by atoms with Crippen LogP contribution in [0.3, 0.4) is 0 Å². The van der Waals surface area contributed by atoms with Gasteiger partial charge < -0.3 is 15.2 Å². The van der Waals surface area contributed by atoms with Crippen LogP contribution in [0.15, 0.2) is 54.6 Å². The molecule has 4 heteroatoms. The zero-order valence-electron chi connectivity index (χ0n) is 13.0. The van der Waals surface area contributed by atoms with E-state index in [0.29, 0.717) is 11.3 Å². The van der Waals surface area contributed by atoms with Crippen molar-refractivity contribution in [1.29, 1.82) is 0 Å². The van der Waals surface area contributed by atoms with Crippen LogP contribution < -0.4 is 10.5 Å². The molecule has 0 aliphatic carbocycles. The number of nitrogens with two attached hydrogens (primary N) is 1. The fraction of sp³-hybridized carbons (Fsp3) is 0.105. The van der Waals surface area contributed by atoms with Crippen LogP contribution in [0.4, 0.5) is 5.69 Å². The molecule has 4 nitrogen and oxygen atoms in total. The molecule has 0 saturated carbocycles. The fourth-order valence-corrected chi connectivity index (χ4v) is 2.57. The van der Waals surface area contributed by atoms with Gasteiger partial charge in [0.15, 0.2) is 0 Å². The maximum atomic E-state index is 11.5. The van der Waals surface area contributed by atoms with E-state index in [1.807, 2.05) is 42.5 Å². The smallest absolute Gasteiger partial charge is 0.337 e. The number of ether oxygens (including phenoxy) is 2. The number of hydrogen-bond acceptors (Lipinski definition) is 4. The van der Waals surface area contributed by atoms with Crippen molar-refractivity contribution >= 4 is 22.4 Å². The van der Waals surface area contributed by atoms with Gasteiger partial charge in [-0.25, -0.2) is 4.79 Å². The Balaban J connectivity index is 2.05. The molecule has 0 bridgehead atoms. The molecule has 0 fully saturated rings. The minimum Gasteiger partial charge on any atom is -0.497 e. The summed E-state index contributed by atoms with van der Waals surface area (Å²) < 4.78 is 9.95. The van der Waals surface area contributed by atoms with Gasteiger partial charge >= 0.3 is 5.97 Å². The summed E-state index contributed by atoms with van der Waals surface area (Å²) in [5, 5.41) is 2.10. The highest BCUT2D eigenvalue weighted by atomic mass is 16.5. The van der Waals surface area contributed by atoms with Crippen LogP contribution >= 0.6 is 0 Å². The van der Waals surface area contributed by atoms with E-state index in [2.05, 4.69) is 0 Å². The highest BCUT2D eigenvalue weighted by Gasteiger charge is 2.09. The lowest BCUT2D eigenvalue weighted by atomic mass is 9.98. The van der Waals surface area contributed by atoms with Gasteiger partial charge in [0, 0.05) is 11.3 Å². The Kier molecular flexibility index (Phi) is 3.89. The van der Waals surface area contributed by atoms with Crippen LogP contribution in [0.25, 0.3) is 21.9 Å². The number of nitrogen functional groups attached to an aromatic ring is 1. The van der Waals surface area contributed by atoms with Crippen LogP contribution in [0.1, 0.15) is 10.4 Å². The average Bonchev–Trinajstić information content (AvgIpc) is 2.60. The molecule has 0 aliphatic rings. The second kappa shape index (κ2) is 6.01. The van der Waals surface area contributed by atoms with Crippen molar-refractivity contribution in [1.82, 2.24) is 0 Å². The van der Waals surface area contributed by atoms with Crippen molar-refractivity contribution in [2.75, 3.05) is 20.0 Å². The number of carbonyl (C=O) groups is 1. The van der Waals surface area contributed by atoms with E-state index in [4.69, 9.17) is 15.2 Å². The maximum Gasteiger partial charge on any atom is 0.337 e. The van der Waals surface area contributed by atoms with Crippen LogP contribution in [0, 0.1) is 0 Å². The van der Waals surface area contributed by atoms with E-state index in [9.17, 15) is 4.79 Å². The summed E-state index contributed by atoms with van der Waals surface area (Å²) in [7, 11) is 3.01. The SMILES string of the molecule is COC(=O)c1ccc(-c2cc3ccc(OC)cc3cc2N)cc1. The predicted octanol–water partition coefficient (Wildman–Crippen LogP) is 3.88. The lowest BCUT2D eigenvalue weighted by Crippen LogP contribution is -2.00. The number of rotatable bonds is 3. The van der Waals surface area contributed by atoms with Gasteiger partial charge in [-0.2, -0.15) is 0 Å². The second-order valence-electron chi connectivity index (χ2n) is 5.22. The third kappa shape index (κ3) is 2.83. The van der Waals surface area contributed by atoms with E-state index in [1.54, 1.807) is 19.2 Å². The van der Waals surface area contributed by atoms with Crippen molar-refractivity contribution in [3.05, 3.63) is 60.2 Å². The molecule has 0 aromatic heterocycles. The number of anilines is 1. The third-order valence-corrected chi connectivity index (χ3v) is 3.83. The lowest BCUT2D eigenvalue weighted by Gasteiger charge is -2.10. The first-order valence-electron chi connectivity index (χ1n) is 7.18. The largest absolute Gasteiger partial charge is 0.497 e. The van der Waals surface area contributed by atoms with Crippen molar-refractivity contribution < 1.29 is 14.3 Å². The Hall–Kier alpha value is -3.01. The normalized spacial score (nSPS) is 10.5. The summed E-state index contributed by atoms with van der Waals surface area (Å²) >= 11 is 0. The summed E-state index contributed by atoms with van der Waals surface area (Å²) in [6.45, 7) is 0. The Morgan fingerprint density at radius 3 is 2.30 bits per heavy atom. The third-order valence-electron chi connectivity index (χ3n) is 3.83. The minimum absolute atomic E-state index is 0.352. The van der Waals surface area contributed by atoms with E-state index in [0.717, 1.165) is 27.6 Å². The van der Waals surface area contributed by atoms with Gasteiger partial charge in [0.2, 0.25) is 0 Å². The molecular formula is C19H17NO3. The zero-order chi connectivity index (χ0) is 16.4. The first-order chi connectivity index (χ1) is 11.1. The first-order valence-corrected chi connectivity index (χ1v) is 7.18. The molecule has 0 unspecified atom stereocenters. The van der Waals surface area contributed by atoms with Crippen molar-refractivity contribution in [2.45, 2.75) is 0 Å². The summed E-state index contributed by atoms with van der Waals surface area (Å²) in [5.41, 5.74) is 9.27. The van der Waals surface area contributed by atoms with Crippen LogP contribution in [-0.2, 0) is 4.74 Å². The van der Waals surface area contributed by atoms with Crippen LogP contribution in [0.2, 0.25) is 0 Å². The van der Waals surface area contributed by atoms with Gasteiger partial charge in [0.25, 0.3) is 0 Å². The number of carbonyl (C=O) groups excluding carboxylic acids is 1. The Morgan fingerprint density at radius 2 is 1.65 bits per heavy atom. The number of benzene rings is 3. The summed E-state index contributed by atoms with van der Waals surface area (Å²) in [5.74, 6) is 0.446. The molecular weight excluding hydrogens is 290 g/mol. The lowest BCUT2D eigenvalue weighted by molar-refractivity contribution is 0.0601. The standard InChI is InChI=1S/C19H17NO3/c1-22-16-8-7-14-10-17(18(20)11-15(14)9-16)12-3-5-13(6-4-12)19(21)23-2/h3-11H,20H2,1-2H3. The number of esters is 1. The highest BCUT2D eigenvalue weighted by molar-refractivity contribution is 5.95. The van der Waals surface area contributed by atoms with Gasteiger partial charge in [-0.05, 0) is 52.7 Å². The molecule has 3 rings (SSSR count). The monoisotopic (exact) mass is 307 g/mol. The van der Waals surface area contributed by atoms with Crippen molar-refractivity contribution in [3.8, 4) is 16.9 Å². The van der Waals surface area contributed by atoms with E-state index >= 15 is 0 Å². The van der Waals surface area contributed by atoms with Crippen molar-refractivity contribution in [2.24, 2.45) is 0 Å². The Labute approximate surface area is 134 Å². The molecule has 0 aliphatic heterocycles. The summed E-state index contributed by atoms with van der Waals surface area (Å²) in [6, 6.07) is 17.1. The molecule has 23 heavy (non-hydrogen) atoms. The number of methoxy groups -OCH3 is 2. The Bertz CT molecular complexity index is 870. The first kappa shape index (κ1) is 14.9. The topological polar surface area (TPSA) is 61.5 Å². The van der Waals surface area contributed by atoms with Gasteiger partial charge in [-0.3, -0.25) is 0 Å². The predicted molar refractivity (Wildman–Crippen MR) is 91.7 cm³/mol. The van der Waals surface area contributed by atoms with E-state index in [-0.39, 0.29) is 5.97 Å². The Morgan fingerprint density at radius 1 is 0.913 bits per heavy atom. The summed E-state index contributed by atoms with van der Waals surface area (Å²) in [4.78, 5) is 11.5. The highest BCUT2D eigenvalue weighted by Crippen LogP contribution is 2.32. The van der Waals surface area contributed by atoms with Gasteiger partial charge in [-0.15, -0.1) is 0 Å². The van der Waals surface area contributed by atoms with Gasteiger partial charge in [0.05, 0.1) is 19.8 Å². The molecule has 3 aromatic carbocycles. The molecule has 0 saturated heterocycles. The number of hydrogen-bond donors (Lipinski definition) is 1. The van der Waals surface area contributed by atoms with E-state index in [1.165, 1.54) is 7.11 Å². The average molecular weight is 307 g/mol. The molecule has 0 atom stereocenters. The van der Waals surface area contributed by atoms with Crippen LogP contribution in [0.5, 0.6) is 5.75 Å². The molecule has 0 amide bonds. The molecule has 2 N–H and O–H groups in total.